The van der Waals surface area contributed by atoms with Crippen molar-refractivity contribution in [1.29, 1.82) is 0 Å². The third-order valence-electron chi connectivity index (χ3n) is 4.84. The first-order valence-corrected chi connectivity index (χ1v) is 11.6. The molecule has 0 aliphatic carbocycles. The van der Waals surface area contributed by atoms with Crippen molar-refractivity contribution in [2.24, 2.45) is 0 Å². The van der Waals surface area contributed by atoms with Crippen LogP contribution in [0.5, 0.6) is 0 Å². The molecule has 0 saturated heterocycles. The summed E-state index contributed by atoms with van der Waals surface area (Å²) in [6.45, 7) is 5.46. The van der Waals surface area contributed by atoms with E-state index in [4.69, 9.17) is 4.74 Å². The van der Waals surface area contributed by atoms with Crippen LogP contribution in [-0.4, -0.2) is 45.9 Å². The van der Waals surface area contributed by atoms with E-state index in [0.29, 0.717) is 22.5 Å². The number of fused-ring (bicyclic) bond motifs is 1. The molecule has 2 aromatic carbocycles. The van der Waals surface area contributed by atoms with E-state index < -0.39 is 21.9 Å². The zero-order valence-electron chi connectivity index (χ0n) is 17.7. The molecule has 2 aromatic rings. The Balaban J connectivity index is 2.07. The van der Waals surface area contributed by atoms with Gasteiger partial charge in [0.05, 0.1) is 36.0 Å². The molecule has 0 bridgehead atoms. The smallest absolute Gasteiger partial charge is 0.414 e. The van der Waals surface area contributed by atoms with Crippen LogP contribution >= 0.6 is 0 Å². The van der Waals surface area contributed by atoms with Gasteiger partial charge in [0, 0.05) is 13.5 Å². The largest absolute Gasteiger partial charge is 0.449 e. The predicted octanol–water partition coefficient (Wildman–Crippen LogP) is 3.58. The Kier molecular flexibility index (Phi) is 6.21. The normalized spacial score (nSPS) is 16.0. The number of carbonyl (C=O) groups excluding carboxylic acids is 2. The molecule has 0 aromatic heterocycles. The Morgan fingerprint density at radius 2 is 1.81 bits per heavy atom. The van der Waals surface area contributed by atoms with Crippen LogP contribution in [0.4, 0.5) is 26.2 Å². The molecule has 166 valence electrons. The highest BCUT2D eigenvalue weighted by Crippen LogP contribution is 2.39. The Morgan fingerprint density at radius 3 is 2.39 bits per heavy atom. The average molecular weight is 450 g/mol. The van der Waals surface area contributed by atoms with E-state index in [1.165, 1.54) is 24.0 Å². The number of hydrogen-bond donors (Lipinski definition) is 1. The van der Waals surface area contributed by atoms with Crippen LogP contribution in [-0.2, 0) is 19.6 Å². The molecule has 1 N–H and O–H groups in total. The molecule has 10 heteroatoms. The number of halogens is 1. The summed E-state index contributed by atoms with van der Waals surface area (Å²) in [6, 6.07) is 8.96. The molecule has 1 aliphatic heterocycles. The second kappa shape index (κ2) is 8.54. The van der Waals surface area contributed by atoms with Gasteiger partial charge in [0.2, 0.25) is 15.9 Å². The summed E-state index contributed by atoms with van der Waals surface area (Å²) in [7, 11) is -3.62. The topological polar surface area (TPSA) is 96.0 Å². The van der Waals surface area contributed by atoms with Crippen LogP contribution in [0.2, 0.25) is 0 Å². The SMILES string of the molecule is CCOC(=O)N1C[C@H](C)N(C(C)=O)c2ccc(-c3ccc(NS(C)(=O)=O)c(F)c3)cc21. The Bertz CT molecular complexity index is 1140. The molecule has 0 radical (unpaired) electrons. The van der Waals surface area contributed by atoms with Gasteiger partial charge in [0.1, 0.15) is 5.82 Å². The zero-order chi connectivity index (χ0) is 22.9. The number of anilines is 3. The first kappa shape index (κ1) is 22.5. The van der Waals surface area contributed by atoms with E-state index in [1.54, 1.807) is 36.1 Å². The van der Waals surface area contributed by atoms with Crippen molar-refractivity contribution in [3.63, 3.8) is 0 Å². The van der Waals surface area contributed by atoms with E-state index in [-0.39, 0.29) is 30.8 Å². The number of hydrogen-bond acceptors (Lipinski definition) is 5. The van der Waals surface area contributed by atoms with Gasteiger partial charge in [-0.05, 0) is 49.2 Å². The van der Waals surface area contributed by atoms with Crippen LogP contribution < -0.4 is 14.5 Å². The molecular formula is C21H24FN3O5S. The lowest BCUT2D eigenvalue weighted by molar-refractivity contribution is -0.117. The Morgan fingerprint density at radius 1 is 1.16 bits per heavy atom. The maximum absolute atomic E-state index is 14.5. The van der Waals surface area contributed by atoms with Crippen molar-refractivity contribution in [1.82, 2.24) is 0 Å². The summed E-state index contributed by atoms with van der Waals surface area (Å²) in [4.78, 5) is 27.8. The van der Waals surface area contributed by atoms with Gasteiger partial charge in [-0.15, -0.1) is 0 Å². The summed E-state index contributed by atoms with van der Waals surface area (Å²) in [5.41, 5.74) is 1.95. The molecule has 8 nitrogen and oxygen atoms in total. The fourth-order valence-electron chi connectivity index (χ4n) is 3.64. The number of nitrogens with one attached hydrogen (secondary N) is 1. The van der Waals surface area contributed by atoms with E-state index in [1.807, 2.05) is 6.92 Å². The van der Waals surface area contributed by atoms with Gasteiger partial charge in [-0.3, -0.25) is 14.4 Å². The average Bonchev–Trinajstić information content (AvgIpc) is 2.67. The van der Waals surface area contributed by atoms with E-state index in [0.717, 1.165) is 6.26 Å². The van der Waals surface area contributed by atoms with Gasteiger partial charge in [-0.2, -0.15) is 0 Å². The highest BCUT2D eigenvalue weighted by molar-refractivity contribution is 7.92. The fourth-order valence-corrected chi connectivity index (χ4v) is 4.20. The number of nitrogens with zero attached hydrogens (tertiary/aromatic N) is 2. The fraction of sp³-hybridized carbons (Fsp3) is 0.333. The maximum Gasteiger partial charge on any atom is 0.414 e. The lowest BCUT2D eigenvalue weighted by atomic mass is 10.0. The van der Waals surface area contributed by atoms with Crippen molar-refractivity contribution in [3.05, 3.63) is 42.2 Å². The van der Waals surface area contributed by atoms with E-state index in [9.17, 15) is 22.4 Å². The van der Waals surface area contributed by atoms with Crippen molar-refractivity contribution < 1.29 is 27.1 Å². The molecule has 0 unspecified atom stereocenters. The van der Waals surface area contributed by atoms with Gasteiger partial charge in [0.15, 0.2) is 0 Å². The van der Waals surface area contributed by atoms with Gasteiger partial charge >= 0.3 is 6.09 Å². The third-order valence-corrected chi connectivity index (χ3v) is 5.43. The van der Waals surface area contributed by atoms with Crippen molar-refractivity contribution >= 4 is 39.1 Å². The predicted molar refractivity (Wildman–Crippen MR) is 117 cm³/mol. The van der Waals surface area contributed by atoms with Gasteiger partial charge in [-0.1, -0.05) is 12.1 Å². The first-order chi connectivity index (χ1) is 14.5. The summed E-state index contributed by atoms with van der Waals surface area (Å²) in [6.07, 6.45) is 0.407. The lowest BCUT2D eigenvalue weighted by Gasteiger charge is -2.40. The molecule has 1 aliphatic rings. The molecule has 1 atom stereocenters. The van der Waals surface area contributed by atoms with E-state index >= 15 is 0 Å². The number of amides is 2. The van der Waals surface area contributed by atoms with Crippen LogP contribution in [0.15, 0.2) is 36.4 Å². The zero-order valence-corrected chi connectivity index (χ0v) is 18.5. The molecule has 0 spiro atoms. The van der Waals surface area contributed by atoms with Crippen molar-refractivity contribution in [2.45, 2.75) is 26.8 Å². The van der Waals surface area contributed by atoms with Crippen LogP contribution in [0, 0.1) is 5.82 Å². The van der Waals surface area contributed by atoms with Crippen LogP contribution in [0.25, 0.3) is 11.1 Å². The second-order valence-corrected chi connectivity index (χ2v) is 9.07. The van der Waals surface area contributed by atoms with Crippen LogP contribution in [0.1, 0.15) is 20.8 Å². The number of benzene rings is 2. The number of carbonyl (C=O) groups is 2. The molecule has 0 saturated carbocycles. The quantitative estimate of drug-likeness (QED) is 0.770. The standard InChI is InChI=1S/C21H24FN3O5S/c1-5-30-21(27)24-12-13(2)25(14(3)26)19-9-7-16(11-20(19)24)15-6-8-18(17(22)10-15)23-31(4,28)29/h6-11,13,23H,5,12H2,1-4H3/t13-/m0/s1. The lowest BCUT2D eigenvalue weighted by Crippen LogP contribution is -2.51. The molecule has 2 amide bonds. The number of sulfonamides is 1. The highest BCUT2D eigenvalue weighted by atomic mass is 32.2. The first-order valence-electron chi connectivity index (χ1n) is 9.67. The third kappa shape index (κ3) is 4.79. The number of ether oxygens (including phenoxy) is 1. The molecule has 0 fully saturated rings. The van der Waals surface area contributed by atoms with E-state index in [2.05, 4.69) is 4.72 Å². The Hall–Kier alpha value is -3.14. The summed E-state index contributed by atoms with van der Waals surface area (Å²) >= 11 is 0. The molecule has 3 rings (SSSR count). The minimum atomic E-state index is -3.62. The second-order valence-electron chi connectivity index (χ2n) is 7.32. The minimum Gasteiger partial charge on any atom is -0.449 e. The highest BCUT2D eigenvalue weighted by Gasteiger charge is 2.34. The van der Waals surface area contributed by atoms with Gasteiger partial charge < -0.3 is 9.64 Å². The minimum absolute atomic E-state index is 0.158. The van der Waals surface area contributed by atoms with Crippen LogP contribution in [0.3, 0.4) is 0 Å². The van der Waals surface area contributed by atoms with Crippen molar-refractivity contribution in [3.8, 4) is 11.1 Å². The summed E-state index contributed by atoms with van der Waals surface area (Å²) in [5, 5.41) is 0. The molecule has 31 heavy (non-hydrogen) atoms. The van der Waals surface area contributed by atoms with Gasteiger partial charge in [-0.25, -0.2) is 17.6 Å². The summed E-state index contributed by atoms with van der Waals surface area (Å²) < 4.78 is 44.5. The van der Waals surface area contributed by atoms with Crippen molar-refractivity contribution in [2.75, 3.05) is 33.9 Å². The monoisotopic (exact) mass is 449 g/mol. The summed E-state index contributed by atoms with van der Waals surface area (Å²) in [5.74, 6) is -0.894. The molecule has 1 heterocycles. The number of rotatable bonds is 4. The van der Waals surface area contributed by atoms with Gasteiger partial charge in [0.25, 0.3) is 0 Å². The Labute approximate surface area is 180 Å². The maximum atomic E-state index is 14.5. The molecular weight excluding hydrogens is 425 g/mol.